The Bertz CT molecular complexity index is 521. The van der Waals surface area contributed by atoms with Crippen LogP contribution in [0, 0.1) is 0 Å². The molecule has 1 heterocycles. The van der Waals surface area contributed by atoms with Crippen molar-refractivity contribution in [1.29, 1.82) is 0 Å². The molecule has 0 spiro atoms. The predicted octanol–water partition coefficient (Wildman–Crippen LogP) is 3.06. The largest absolute Gasteiger partial charge is 0.365 e. The molecule has 0 aromatic heterocycles. The number of hydrogen-bond acceptors (Lipinski definition) is 3. The van der Waals surface area contributed by atoms with Gasteiger partial charge < -0.3 is 0 Å². The van der Waals surface area contributed by atoms with E-state index in [0.29, 0.717) is 16.4 Å². The Morgan fingerprint density at radius 3 is 2.94 bits per heavy atom. The smallest absolute Gasteiger partial charge is 0.287 e. The summed E-state index contributed by atoms with van der Waals surface area (Å²) in [6.45, 7) is 3.61. The zero-order chi connectivity index (χ0) is 11.5. The number of carbonyl (C=O) groups is 1. The van der Waals surface area contributed by atoms with Crippen LogP contribution in [0.25, 0.3) is 0 Å². The molecule has 0 radical (unpaired) electrons. The van der Waals surface area contributed by atoms with E-state index in [-0.39, 0.29) is 5.84 Å². The van der Waals surface area contributed by atoms with Gasteiger partial charge in [-0.1, -0.05) is 29.4 Å². The van der Waals surface area contributed by atoms with E-state index in [2.05, 4.69) is 27.1 Å². The maximum absolute atomic E-state index is 11.0. The van der Waals surface area contributed by atoms with Crippen molar-refractivity contribution in [3.8, 4) is 0 Å². The fraction of sp³-hybridized carbons (Fsp3) is 0. The van der Waals surface area contributed by atoms with Crippen LogP contribution in [0.1, 0.15) is 0 Å². The van der Waals surface area contributed by atoms with E-state index < -0.39 is 6.03 Å². The van der Waals surface area contributed by atoms with Gasteiger partial charge in [-0.25, -0.2) is 9.79 Å². The van der Waals surface area contributed by atoms with E-state index in [1.165, 1.54) is 0 Å². The second-order valence-electron chi connectivity index (χ2n) is 3.02. The van der Waals surface area contributed by atoms with Crippen molar-refractivity contribution >= 4 is 29.2 Å². The third-order valence-electron chi connectivity index (χ3n) is 1.81. The molecule has 1 aliphatic heterocycles. The van der Waals surface area contributed by atoms with Crippen molar-refractivity contribution in [3.63, 3.8) is 0 Å². The summed E-state index contributed by atoms with van der Waals surface area (Å²) in [5.41, 5.74) is 0.917. The van der Waals surface area contributed by atoms with Crippen molar-refractivity contribution in [2.24, 2.45) is 15.2 Å². The summed E-state index contributed by atoms with van der Waals surface area (Å²) in [5, 5.41) is 9.86. The van der Waals surface area contributed by atoms with E-state index in [1.54, 1.807) is 24.3 Å². The summed E-state index contributed by atoms with van der Waals surface area (Å²) in [5.74, 6) is 0.280. The number of urea groups is 1. The van der Waals surface area contributed by atoms with E-state index in [4.69, 9.17) is 11.6 Å². The molecule has 0 aliphatic carbocycles. The van der Waals surface area contributed by atoms with Crippen molar-refractivity contribution < 1.29 is 4.79 Å². The topological polar surface area (TPSA) is 66.2 Å². The second-order valence-corrected chi connectivity index (χ2v) is 3.45. The van der Waals surface area contributed by atoms with Gasteiger partial charge in [0, 0.05) is 5.02 Å². The quantitative estimate of drug-likeness (QED) is 0.797. The van der Waals surface area contributed by atoms with Crippen LogP contribution in [0.5, 0.6) is 0 Å². The van der Waals surface area contributed by atoms with Crippen LogP contribution in [-0.4, -0.2) is 11.9 Å². The van der Waals surface area contributed by atoms with Gasteiger partial charge in [0.05, 0.1) is 5.69 Å². The van der Waals surface area contributed by atoms with Crippen molar-refractivity contribution in [3.05, 3.63) is 41.6 Å². The number of azo groups is 1. The molecule has 16 heavy (non-hydrogen) atoms. The monoisotopic (exact) mass is 234 g/mol. The van der Waals surface area contributed by atoms with Gasteiger partial charge in [-0.15, -0.1) is 5.11 Å². The minimum Gasteiger partial charge on any atom is -0.287 e. The first-order chi connectivity index (χ1) is 7.65. The summed E-state index contributed by atoms with van der Waals surface area (Å²) in [6, 6.07) is 6.35. The normalized spacial score (nSPS) is 17.7. The summed E-state index contributed by atoms with van der Waals surface area (Å²) in [4.78, 5) is 15.1. The van der Waals surface area contributed by atoms with E-state index in [0.717, 1.165) is 0 Å². The number of amides is 2. The molecule has 0 bridgehead atoms. The number of halogens is 1. The van der Waals surface area contributed by atoms with Crippen LogP contribution in [0.4, 0.5) is 10.5 Å². The summed E-state index contributed by atoms with van der Waals surface area (Å²) < 4.78 is 0. The van der Waals surface area contributed by atoms with Gasteiger partial charge in [0.2, 0.25) is 0 Å². The maximum atomic E-state index is 11.0. The maximum Gasteiger partial charge on any atom is 0.365 e. The number of aliphatic imine (C=N–C) groups is 1. The third-order valence-corrected chi connectivity index (χ3v) is 2.04. The Morgan fingerprint density at radius 1 is 1.38 bits per heavy atom. The number of nitrogens with zero attached hydrogens (tertiary/aromatic N) is 3. The molecule has 0 fully saturated rings. The molecule has 2 rings (SSSR count). The highest BCUT2D eigenvalue weighted by Gasteiger charge is 2.14. The third kappa shape index (κ3) is 2.32. The zero-order valence-electron chi connectivity index (χ0n) is 8.14. The molecule has 0 saturated carbocycles. The molecule has 5 nitrogen and oxygen atoms in total. The lowest BCUT2D eigenvalue weighted by Crippen LogP contribution is -2.31. The number of hydrogen-bond donors (Lipinski definition) is 1. The zero-order valence-corrected chi connectivity index (χ0v) is 8.90. The van der Waals surface area contributed by atoms with Gasteiger partial charge in [0.15, 0.2) is 5.84 Å². The van der Waals surface area contributed by atoms with Crippen LogP contribution >= 0.6 is 11.6 Å². The summed E-state index contributed by atoms with van der Waals surface area (Å²) in [6.07, 6.45) is 0. The van der Waals surface area contributed by atoms with Crippen molar-refractivity contribution in [2.45, 2.75) is 0 Å². The minimum absolute atomic E-state index is 0.280. The molecule has 1 N–H and O–H groups in total. The first kappa shape index (κ1) is 10.5. The van der Waals surface area contributed by atoms with Crippen LogP contribution in [-0.2, 0) is 0 Å². The predicted molar refractivity (Wildman–Crippen MR) is 61.1 cm³/mol. The fourth-order valence-electron chi connectivity index (χ4n) is 1.12. The lowest BCUT2D eigenvalue weighted by molar-refractivity contribution is 0.251. The van der Waals surface area contributed by atoms with Crippen molar-refractivity contribution in [1.82, 2.24) is 5.32 Å². The number of amidine groups is 1. The first-order valence-electron chi connectivity index (χ1n) is 4.41. The lowest BCUT2D eigenvalue weighted by atomic mass is 10.3. The average Bonchev–Trinajstić information content (AvgIpc) is 2.24. The number of rotatable bonds is 1. The highest BCUT2D eigenvalue weighted by atomic mass is 35.5. The highest BCUT2D eigenvalue weighted by Crippen LogP contribution is 2.19. The van der Waals surface area contributed by atoms with Gasteiger partial charge >= 0.3 is 6.03 Å². The Labute approximate surface area is 96.6 Å². The minimum atomic E-state index is -0.562. The molecule has 0 unspecified atom stereocenters. The molecule has 1 aliphatic rings. The molecular weight excluding hydrogens is 228 g/mol. The fourth-order valence-corrected chi connectivity index (χ4v) is 1.30. The molecule has 2 amide bonds. The van der Waals surface area contributed by atoms with Gasteiger partial charge in [-0.3, -0.25) is 5.32 Å². The SMILES string of the molecule is C=C1N=NC(=O)NC1=Nc1cccc(Cl)c1. The van der Waals surface area contributed by atoms with Gasteiger partial charge in [-0.05, 0) is 18.2 Å². The van der Waals surface area contributed by atoms with Crippen LogP contribution in [0.3, 0.4) is 0 Å². The van der Waals surface area contributed by atoms with Crippen molar-refractivity contribution in [2.75, 3.05) is 0 Å². The second kappa shape index (κ2) is 4.24. The Kier molecular flexibility index (Phi) is 2.78. The van der Waals surface area contributed by atoms with Gasteiger partial charge in [-0.2, -0.15) is 0 Å². The molecule has 0 atom stereocenters. The number of nitrogens with one attached hydrogen (secondary N) is 1. The van der Waals surface area contributed by atoms with E-state index in [9.17, 15) is 4.79 Å². The number of carbonyl (C=O) groups excluding carboxylic acids is 1. The molecular formula is C10H7ClN4O. The van der Waals surface area contributed by atoms with Crippen LogP contribution < -0.4 is 5.32 Å². The molecule has 6 heteroatoms. The Balaban J connectivity index is 2.34. The van der Waals surface area contributed by atoms with E-state index in [1.807, 2.05) is 0 Å². The standard InChI is InChI=1S/C10H7ClN4O/c1-6-9(13-10(16)15-14-6)12-8-4-2-3-7(11)5-8/h2-5H,1H2,(H,12,13,16). The van der Waals surface area contributed by atoms with Crippen LogP contribution in [0.15, 0.2) is 51.8 Å². The molecule has 1 aromatic rings. The summed E-state index contributed by atoms with van der Waals surface area (Å²) >= 11 is 5.81. The molecule has 80 valence electrons. The number of benzene rings is 1. The Morgan fingerprint density at radius 2 is 2.19 bits per heavy atom. The Hall–Kier alpha value is -2.01. The van der Waals surface area contributed by atoms with E-state index >= 15 is 0 Å². The average molecular weight is 235 g/mol. The molecule has 1 aromatic carbocycles. The van der Waals surface area contributed by atoms with Gasteiger partial charge in [0.25, 0.3) is 0 Å². The van der Waals surface area contributed by atoms with Gasteiger partial charge in [0.1, 0.15) is 5.70 Å². The summed E-state index contributed by atoms with van der Waals surface area (Å²) in [7, 11) is 0. The van der Waals surface area contributed by atoms with Crippen LogP contribution in [0.2, 0.25) is 5.02 Å². The highest BCUT2D eigenvalue weighted by molar-refractivity contribution is 6.30. The molecule has 0 saturated heterocycles. The lowest BCUT2D eigenvalue weighted by Gasteiger charge is -2.09. The first-order valence-corrected chi connectivity index (χ1v) is 4.79.